The lowest BCUT2D eigenvalue weighted by molar-refractivity contribution is 1.06. The van der Waals surface area contributed by atoms with E-state index in [-0.39, 0.29) is 5.28 Å². The van der Waals surface area contributed by atoms with Gasteiger partial charge >= 0.3 is 0 Å². The molecule has 2 aromatic heterocycles. The van der Waals surface area contributed by atoms with E-state index in [1.165, 1.54) is 16.2 Å². The van der Waals surface area contributed by atoms with Crippen molar-refractivity contribution >= 4 is 44.2 Å². The van der Waals surface area contributed by atoms with Gasteiger partial charge in [0.1, 0.15) is 0 Å². The van der Waals surface area contributed by atoms with E-state index >= 15 is 0 Å². The number of rotatable bonds is 3. The van der Waals surface area contributed by atoms with Crippen molar-refractivity contribution in [3.63, 3.8) is 0 Å². The van der Waals surface area contributed by atoms with Crippen LogP contribution < -0.4 is 0 Å². The molecule has 7 rings (SSSR count). The Balaban J connectivity index is 1.46. The van der Waals surface area contributed by atoms with Crippen LogP contribution in [0.2, 0.25) is 5.28 Å². The third kappa shape index (κ3) is 3.35. The fourth-order valence-electron chi connectivity index (χ4n) is 4.97. The molecule has 0 unspecified atom stereocenters. The van der Waals surface area contributed by atoms with Crippen LogP contribution >= 0.6 is 11.6 Å². The third-order valence-corrected chi connectivity index (χ3v) is 6.75. The van der Waals surface area contributed by atoms with E-state index in [1.807, 2.05) is 36.4 Å². The Bertz CT molecular complexity index is 1870. The number of halogens is 1. The number of aromatic nitrogens is 4. The minimum Gasteiger partial charge on any atom is -0.309 e. The van der Waals surface area contributed by atoms with Crippen LogP contribution in [-0.2, 0) is 0 Å². The van der Waals surface area contributed by atoms with E-state index in [1.54, 1.807) is 0 Å². The molecule has 0 saturated heterocycles. The van der Waals surface area contributed by atoms with Crippen molar-refractivity contribution in [2.45, 2.75) is 0 Å². The van der Waals surface area contributed by atoms with Gasteiger partial charge in [-0.15, -0.1) is 0 Å². The fourth-order valence-corrected chi connectivity index (χ4v) is 5.13. The molecule has 5 aromatic carbocycles. The van der Waals surface area contributed by atoms with Gasteiger partial charge in [0.05, 0.1) is 16.7 Å². The predicted molar refractivity (Wildman–Crippen MR) is 148 cm³/mol. The van der Waals surface area contributed by atoms with Crippen molar-refractivity contribution in [2.75, 3.05) is 0 Å². The maximum Gasteiger partial charge on any atom is 0.226 e. The van der Waals surface area contributed by atoms with Gasteiger partial charge in [0.25, 0.3) is 0 Å². The highest BCUT2D eigenvalue weighted by atomic mass is 35.5. The zero-order valence-corrected chi connectivity index (χ0v) is 19.9. The number of nitrogens with zero attached hydrogens (tertiary/aromatic N) is 4. The molecule has 0 aliphatic carbocycles. The van der Waals surface area contributed by atoms with Crippen molar-refractivity contribution in [1.82, 2.24) is 19.5 Å². The van der Waals surface area contributed by atoms with Gasteiger partial charge in [-0.05, 0) is 52.7 Å². The lowest BCUT2D eigenvalue weighted by atomic mass is 10.1. The first-order valence-corrected chi connectivity index (χ1v) is 12.1. The molecular weight excluding hydrogens is 464 g/mol. The topological polar surface area (TPSA) is 43.6 Å². The van der Waals surface area contributed by atoms with E-state index in [4.69, 9.17) is 16.6 Å². The highest BCUT2D eigenvalue weighted by Gasteiger charge is 2.17. The molecule has 7 aromatic rings. The van der Waals surface area contributed by atoms with E-state index in [0.29, 0.717) is 11.6 Å². The monoisotopic (exact) mass is 482 g/mol. The van der Waals surface area contributed by atoms with Crippen LogP contribution in [-0.4, -0.2) is 19.5 Å². The van der Waals surface area contributed by atoms with E-state index < -0.39 is 0 Å². The predicted octanol–water partition coefficient (Wildman–Crippen LogP) is 8.11. The van der Waals surface area contributed by atoms with Crippen LogP contribution in [0.3, 0.4) is 0 Å². The summed E-state index contributed by atoms with van der Waals surface area (Å²) in [6.07, 6.45) is 0. The maximum atomic E-state index is 6.47. The van der Waals surface area contributed by atoms with Crippen molar-refractivity contribution in [1.29, 1.82) is 0 Å². The molecule has 170 valence electrons. The summed E-state index contributed by atoms with van der Waals surface area (Å²) < 4.78 is 2.27. The number of benzene rings is 5. The van der Waals surface area contributed by atoms with Crippen LogP contribution in [0.4, 0.5) is 0 Å². The van der Waals surface area contributed by atoms with Gasteiger partial charge < -0.3 is 4.57 Å². The van der Waals surface area contributed by atoms with Crippen molar-refractivity contribution < 1.29 is 0 Å². The van der Waals surface area contributed by atoms with Crippen LogP contribution in [0.15, 0.2) is 115 Å². The molecule has 4 nitrogen and oxygen atoms in total. The summed E-state index contributed by atoms with van der Waals surface area (Å²) in [4.78, 5) is 13.9. The number of hydrogen-bond acceptors (Lipinski definition) is 3. The van der Waals surface area contributed by atoms with Crippen LogP contribution in [0.25, 0.3) is 61.0 Å². The lowest BCUT2D eigenvalue weighted by Gasteiger charge is -2.13. The Labute approximate surface area is 212 Å². The second-order valence-corrected chi connectivity index (χ2v) is 9.04. The fraction of sp³-hybridized carbons (Fsp3) is 0. The first-order valence-electron chi connectivity index (χ1n) is 11.7. The van der Waals surface area contributed by atoms with Crippen molar-refractivity contribution in [3.05, 3.63) is 121 Å². The van der Waals surface area contributed by atoms with Gasteiger partial charge in [0.15, 0.2) is 11.6 Å². The zero-order chi connectivity index (χ0) is 24.1. The molecule has 0 aliphatic heterocycles. The Morgan fingerprint density at radius 3 is 1.92 bits per heavy atom. The minimum atomic E-state index is 0.167. The largest absolute Gasteiger partial charge is 0.309 e. The van der Waals surface area contributed by atoms with Gasteiger partial charge in [-0.1, -0.05) is 84.9 Å². The van der Waals surface area contributed by atoms with Crippen LogP contribution in [0.1, 0.15) is 0 Å². The summed E-state index contributed by atoms with van der Waals surface area (Å²) in [5.74, 6) is 1.09. The molecule has 0 amide bonds. The highest BCUT2D eigenvalue weighted by molar-refractivity contribution is 6.28. The summed E-state index contributed by atoms with van der Waals surface area (Å²) in [5.41, 5.74) is 5.02. The van der Waals surface area contributed by atoms with E-state index in [0.717, 1.165) is 33.2 Å². The lowest BCUT2D eigenvalue weighted by Crippen LogP contribution is -2.02. The van der Waals surface area contributed by atoms with Gasteiger partial charge in [-0.2, -0.15) is 9.97 Å². The average Bonchev–Trinajstić information content (AvgIpc) is 3.27. The number of fused-ring (bicyclic) bond motifs is 4. The quantitative estimate of drug-likeness (QED) is 0.255. The summed E-state index contributed by atoms with van der Waals surface area (Å²) in [5, 5.41) is 4.86. The molecule has 0 atom stereocenters. The molecule has 0 radical (unpaired) electrons. The maximum absolute atomic E-state index is 6.47. The number of para-hydroxylation sites is 3. The van der Waals surface area contributed by atoms with E-state index in [2.05, 4.69) is 93.4 Å². The summed E-state index contributed by atoms with van der Waals surface area (Å²) in [7, 11) is 0. The molecule has 0 bridgehead atoms. The second-order valence-electron chi connectivity index (χ2n) is 8.70. The molecule has 0 N–H and O–H groups in total. The first kappa shape index (κ1) is 20.8. The molecular formula is C31H19ClN4. The summed E-state index contributed by atoms with van der Waals surface area (Å²) in [6, 6.07) is 39.5. The van der Waals surface area contributed by atoms with Gasteiger partial charge in [-0.3, -0.25) is 0 Å². The molecule has 5 heteroatoms. The minimum absolute atomic E-state index is 0.167. The Hall–Kier alpha value is -4.54. The molecule has 2 heterocycles. The standard InChI is InChI=1S/C31H19ClN4/c32-31-34-29(22-18-17-20-9-1-2-10-21(20)19-22)33-30(35-31)25-13-5-8-16-28(25)36-26-14-6-3-11-23(26)24-12-4-7-15-27(24)36/h1-19H. The van der Waals surface area contributed by atoms with Crippen LogP contribution in [0, 0.1) is 0 Å². The average molecular weight is 483 g/mol. The zero-order valence-electron chi connectivity index (χ0n) is 19.1. The molecule has 36 heavy (non-hydrogen) atoms. The van der Waals surface area contributed by atoms with Gasteiger partial charge in [0.2, 0.25) is 5.28 Å². The Morgan fingerprint density at radius 2 is 1.14 bits per heavy atom. The SMILES string of the molecule is Clc1nc(-c2ccc3ccccc3c2)nc(-c2ccccc2-n2c3ccccc3c3ccccc32)n1. The summed E-state index contributed by atoms with van der Waals surface area (Å²) >= 11 is 6.47. The molecule has 0 saturated carbocycles. The molecule has 0 aliphatic rings. The summed E-state index contributed by atoms with van der Waals surface area (Å²) in [6.45, 7) is 0. The molecule has 0 fully saturated rings. The molecule has 0 spiro atoms. The highest BCUT2D eigenvalue weighted by Crippen LogP contribution is 2.35. The normalized spacial score (nSPS) is 11.5. The Morgan fingerprint density at radius 1 is 0.528 bits per heavy atom. The van der Waals surface area contributed by atoms with Gasteiger partial charge in [0, 0.05) is 21.9 Å². The van der Waals surface area contributed by atoms with Gasteiger partial charge in [-0.25, -0.2) is 4.98 Å². The van der Waals surface area contributed by atoms with Crippen LogP contribution in [0.5, 0.6) is 0 Å². The van der Waals surface area contributed by atoms with Crippen molar-refractivity contribution in [2.24, 2.45) is 0 Å². The van der Waals surface area contributed by atoms with Crippen molar-refractivity contribution in [3.8, 4) is 28.5 Å². The smallest absolute Gasteiger partial charge is 0.226 e. The number of hydrogen-bond donors (Lipinski definition) is 0. The second kappa shape index (κ2) is 8.29. The third-order valence-electron chi connectivity index (χ3n) is 6.58. The first-order chi connectivity index (χ1) is 17.8. The van der Waals surface area contributed by atoms with E-state index in [9.17, 15) is 0 Å². The Kier molecular flexibility index (Phi) is 4.79.